The molecule has 3 aliphatic rings. The van der Waals surface area contributed by atoms with Crippen LogP contribution in [0.25, 0.3) is 0 Å². The zero-order valence-corrected chi connectivity index (χ0v) is 17.0. The van der Waals surface area contributed by atoms with Crippen LogP contribution in [0.2, 0.25) is 5.02 Å². The van der Waals surface area contributed by atoms with Crippen LogP contribution in [0.3, 0.4) is 0 Å². The molecule has 3 fully saturated rings. The van der Waals surface area contributed by atoms with Crippen molar-refractivity contribution in [2.24, 2.45) is 5.92 Å². The summed E-state index contributed by atoms with van der Waals surface area (Å²) in [5, 5.41) is 4.02. The van der Waals surface area contributed by atoms with E-state index in [0.717, 1.165) is 42.6 Å². The monoisotopic (exact) mass is 392 g/mol. The second kappa shape index (κ2) is 8.12. The van der Waals surface area contributed by atoms with E-state index >= 15 is 0 Å². The normalized spacial score (nSPS) is 26.4. The van der Waals surface area contributed by atoms with Crippen LogP contribution < -0.4 is 5.32 Å². The molecule has 1 N–H and O–H groups in total. The molecule has 2 saturated heterocycles. The first-order valence-electron chi connectivity index (χ1n) is 10.0. The number of halogens is 1. The van der Waals surface area contributed by atoms with Crippen molar-refractivity contribution < 1.29 is 4.79 Å². The number of nitrogens with zero attached hydrogens (tertiary/aromatic N) is 1. The number of likely N-dealkylation sites (tertiary alicyclic amines) is 1. The van der Waals surface area contributed by atoms with Crippen LogP contribution in [0.15, 0.2) is 24.3 Å². The molecule has 3 nitrogen and oxygen atoms in total. The molecule has 26 heavy (non-hydrogen) atoms. The molecule has 0 aromatic heterocycles. The number of nitrogens with one attached hydrogen (secondary N) is 1. The fraction of sp³-hybridized carbons (Fsp3) is 0.667. The van der Waals surface area contributed by atoms with Gasteiger partial charge in [-0.15, -0.1) is 0 Å². The number of benzene rings is 1. The van der Waals surface area contributed by atoms with Crippen molar-refractivity contribution in [2.45, 2.75) is 50.0 Å². The number of rotatable bonds is 5. The highest BCUT2D eigenvalue weighted by Gasteiger charge is 2.51. The van der Waals surface area contributed by atoms with E-state index in [0.29, 0.717) is 5.92 Å². The Labute approximate surface area is 166 Å². The third-order valence-corrected chi connectivity index (χ3v) is 7.69. The molecule has 1 aliphatic carbocycles. The highest BCUT2D eigenvalue weighted by molar-refractivity contribution is 7.99. The Balaban J connectivity index is 1.30. The fourth-order valence-corrected chi connectivity index (χ4v) is 5.80. The number of amides is 1. The lowest BCUT2D eigenvalue weighted by molar-refractivity contribution is -0.123. The van der Waals surface area contributed by atoms with Gasteiger partial charge in [0.05, 0.1) is 5.41 Å². The molecule has 4 rings (SSSR count). The van der Waals surface area contributed by atoms with Gasteiger partial charge in [-0.3, -0.25) is 9.69 Å². The van der Waals surface area contributed by atoms with Gasteiger partial charge in [0.1, 0.15) is 0 Å². The van der Waals surface area contributed by atoms with Crippen molar-refractivity contribution in [3.05, 3.63) is 34.9 Å². The largest absolute Gasteiger partial charge is 0.355 e. The van der Waals surface area contributed by atoms with Crippen molar-refractivity contribution in [3.8, 4) is 0 Å². The molecule has 2 heterocycles. The summed E-state index contributed by atoms with van der Waals surface area (Å²) in [6.07, 6.45) is 7.10. The van der Waals surface area contributed by atoms with Crippen molar-refractivity contribution in [1.82, 2.24) is 10.2 Å². The number of piperidine rings is 1. The Morgan fingerprint density at radius 3 is 2.62 bits per heavy atom. The van der Waals surface area contributed by atoms with Gasteiger partial charge in [0.2, 0.25) is 5.91 Å². The molecule has 1 saturated carbocycles. The average molecular weight is 393 g/mol. The lowest BCUT2D eigenvalue weighted by Crippen LogP contribution is -2.47. The quantitative estimate of drug-likeness (QED) is 0.818. The molecule has 1 amide bonds. The van der Waals surface area contributed by atoms with Crippen molar-refractivity contribution in [3.63, 3.8) is 0 Å². The van der Waals surface area contributed by atoms with Gasteiger partial charge < -0.3 is 5.32 Å². The first-order valence-corrected chi connectivity index (χ1v) is 11.6. The van der Waals surface area contributed by atoms with E-state index in [9.17, 15) is 4.79 Å². The molecule has 1 aromatic rings. The number of carbonyl (C=O) groups excluding carboxylic acids is 1. The minimum atomic E-state index is -0.292. The Hall–Kier alpha value is -0.710. The first-order chi connectivity index (χ1) is 12.7. The summed E-state index contributed by atoms with van der Waals surface area (Å²) in [5.41, 5.74) is 0.823. The summed E-state index contributed by atoms with van der Waals surface area (Å²) in [5.74, 6) is 3.44. The van der Waals surface area contributed by atoms with Crippen LogP contribution in [0.5, 0.6) is 0 Å². The van der Waals surface area contributed by atoms with Gasteiger partial charge >= 0.3 is 0 Å². The maximum Gasteiger partial charge on any atom is 0.230 e. The van der Waals surface area contributed by atoms with Gasteiger partial charge in [0.25, 0.3) is 0 Å². The molecule has 142 valence electrons. The lowest BCUT2D eigenvalue weighted by atomic mass is 9.93. The van der Waals surface area contributed by atoms with E-state index in [4.69, 9.17) is 11.6 Å². The van der Waals surface area contributed by atoms with E-state index in [1.54, 1.807) is 0 Å². The van der Waals surface area contributed by atoms with E-state index < -0.39 is 0 Å². The predicted octanol–water partition coefficient (Wildman–Crippen LogP) is 4.10. The second-order valence-corrected chi connectivity index (χ2v) is 9.81. The molecule has 0 spiro atoms. The van der Waals surface area contributed by atoms with Crippen LogP contribution in [-0.4, -0.2) is 48.0 Å². The average Bonchev–Trinajstić information content (AvgIpc) is 3.50. The maximum atomic E-state index is 12.9. The van der Waals surface area contributed by atoms with Gasteiger partial charge in [0, 0.05) is 24.2 Å². The molecule has 1 unspecified atom stereocenters. The Morgan fingerprint density at radius 1 is 1.19 bits per heavy atom. The highest BCUT2D eigenvalue weighted by atomic mass is 35.5. The number of thioether (sulfide) groups is 1. The van der Waals surface area contributed by atoms with E-state index in [1.807, 2.05) is 24.3 Å². The summed E-state index contributed by atoms with van der Waals surface area (Å²) in [6.45, 7) is 3.23. The lowest BCUT2D eigenvalue weighted by Gasteiger charge is -2.40. The Kier molecular flexibility index (Phi) is 5.82. The first kappa shape index (κ1) is 18.6. The summed E-state index contributed by atoms with van der Waals surface area (Å²) in [4.78, 5) is 15.6. The topological polar surface area (TPSA) is 32.3 Å². The Morgan fingerprint density at radius 2 is 1.92 bits per heavy atom. The van der Waals surface area contributed by atoms with Crippen molar-refractivity contribution >= 4 is 29.3 Å². The molecule has 0 bridgehead atoms. The third kappa shape index (κ3) is 4.07. The molecule has 1 atom stereocenters. The minimum Gasteiger partial charge on any atom is -0.355 e. The van der Waals surface area contributed by atoms with Gasteiger partial charge in [-0.2, -0.15) is 11.8 Å². The van der Waals surface area contributed by atoms with Gasteiger partial charge in [-0.1, -0.05) is 23.7 Å². The van der Waals surface area contributed by atoms with E-state index in [-0.39, 0.29) is 11.3 Å². The van der Waals surface area contributed by atoms with Gasteiger partial charge in [-0.05, 0) is 80.2 Å². The van der Waals surface area contributed by atoms with Crippen LogP contribution in [0.1, 0.15) is 44.1 Å². The number of hydrogen-bond donors (Lipinski definition) is 1. The SMILES string of the molecule is O=C(NCC1CCCN(C2CCSCC2)C1)C1(c2ccc(Cl)cc2)CC1. The molecule has 0 radical (unpaired) electrons. The van der Waals surface area contributed by atoms with Gasteiger partial charge in [0.15, 0.2) is 0 Å². The zero-order chi connectivity index (χ0) is 18.0. The van der Waals surface area contributed by atoms with Crippen molar-refractivity contribution in [2.75, 3.05) is 31.1 Å². The molecular formula is C21H29ClN2OS. The summed E-state index contributed by atoms with van der Waals surface area (Å²) in [7, 11) is 0. The summed E-state index contributed by atoms with van der Waals surface area (Å²) >= 11 is 8.09. The predicted molar refractivity (Wildman–Crippen MR) is 110 cm³/mol. The standard InChI is InChI=1S/C21H29ClN2OS/c22-18-5-3-17(4-6-18)21(9-10-21)20(25)23-14-16-2-1-11-24(15-16)19-7-12-26-13-8-19/h3-6,16,19H,1-2,7-15H2,(H,23,25). The molecule has 1 aromatic carbocycles. The number of carbonyl (C=O) groups is 1. The van der Waals surface area contributed by atoms with Crippen LogP contribution in [0.4, 0.5) is 0 Å². The van der Waals surface area contributed by atoms with Crippen LogP contribution in [0, 0.1) is 5.92 Å². The van der Waals surface area contributed by atoms with Crippen LogP contribution in [-0.2, 0) is 10.2 Å². The smallest absolute Gasteiger partial charge is 0.230 e. The molecular weight excluding hydrogens is 364 g/mol. The van der Waals surface area contributed by atoms with Gasteiger partial charge in [-0.25, -0.2) is 0 Å². The molecule has 2 aliphatic heterocycles. The van der Waals surface area contributed by atoms with E-state index in [1.165, 1.54) is 43.7 Å². The molecule has 5 heteroatoms. The summed E-state index contributed by atoms with van der Waals surface area (Å²) in [6, 6.07) is 8.59. The third-order valence-electron chi connectivity index (χ3n) is 6.39. The number of hydrogen-bond acceptors (Lipinski definition) is 3. The second-order valence-electron chi connectivity index (χ2n) is 8.15. The fourth-order valence-electron chi connectivity index (χ4n) is 4.59. The van der Waals surface area contributed by atoms with Crippen molar-refractivity contribution in [1.29, 1.82) is 0 Å². The van der Waals surface area contributed by atoms with Crippen LogP contribution >= 0.6 is 23.4 Å². The Bertz CT molecular complexity index is 625. The summed E-state index contributed by atoms with van der Waals surface area (Å²) < 4.78 is 0. The van der Waals surface area contributed by atoms with E-state index in [2.05, 4.69) is 22.0 Å². The minimum absolute atomic E-state index is 0.214. The maximum absolute atomic E-state index is 12.9. The zero-order valence-electron chi connectivity index (χ0n) is 15.4. The highest BCUT2D eigenvalue weighted by Crippen LogP contribution is 2.48.